The minimum atomic E-state index is 1.07. The Morgan fingerprint density at radius 2 is 2.12 bits per heavy atom. The molecule has 3 heterocycles. The molecule has 90 valence electrons. The van der Waals surface area contributed by atoms with E-state index >= 15 is 0 Å². The highest BCUT2D eigenvalue weighted by molar-refractivity contribution is 5.42. The second-order valence-corrected chi connectivity index (χ2v) is 5.00. The summed E-state index contributed by atoms with van der Waals surface area (Å²) in [7, 11) is 0. The van der Waals surface area contributed by atoms with Gasteiger partial charge in [0.1, 0.15) is 5.65 Å². The first-order valence-corrected chi connectivity index (χ1v) is 6.48. The van der Waals surface area contributed by atoms with E-state index in [4.69, 9.17) is 0 Å². The molecule has 2 aromatic rings. The maximum Gasteiger partial charge on any atom is 0.137 e. The number of hydrogen-bond acceptors (Lipinski definition) is 2. The molecule has 0 N–H and O–H groups in total. The number of pyridine rings is 1. The van der Waals surface area contributed by atoms with E-state index in [-0.39, 0.29) is 0 Å². The lowest BCUT2D eigenvalue weighted by molar-refractivity contribution is 0.342. The summed E-state index contributed by atoms with van der Waals surface area (Å²) in [6, 6.07) is 4.26. The van der Waals surface area contributed by atoms with E-state index in [1.807, 2.05) is 0 Å². The molecule has 0 amide bonds. The van der Waals surface area contributed by atoms with Crippen molar-refractivity contribution in [3.63, 3.8) is 0 Å². The summed E-state index contributed by atoms with van der Waals surface area (Å²) in [6.07, 6.45) is 8.05. The van der Waals surface area contributed by atoms with Crippen LogP contribution in [0.15, 0.2) is 24.5 Å². The fourth-order valence-corrected chi connectivity index (χ4v) is 2.54. The summed E-state index contributed by atoms with van der Waals surface area (Å²) in [4.78, 5) is 7.21. The Morgan fingerprint density at radius 1 is 1.29 bits per heavy atom. The van der Waals surface area contributed by atoms with Crippen molar-refractivity contribution >= 4 is 5.65 Å². The maximum absolute atomic E-state index is 4.67. The largest absolute Gasteiger partial charge is 0.307 e. The van der Waals surface area contributed by atoms with E-state index in [1.54, 1.807) is 0 Å². The third kappa shape index (κ3) is 2.34. The van der Waals surface area contributed by atoms with Crippen LogP contribution in [0.25, 0.3) is 5.65 Å². The van der Waals surface area contributed by atoms with Gasteiger partial charge >= 0.3 is 0 Å². The van der Waals surface area contributed by atoms with Crippen LogP contribution in [0.1, 0.15) is 24.1 Å². The van der Waals surface area contributed by atoms with Crippen molar-refractivity contribution in [3.05, 3.63) is 35.8 Å². The van der Waals surface area contributed by atoms with Gasteiger partial charge in [0, 0.05) is 25.4 Å². The monoisotopic (exact) mass is 229 g/mol. The summed E-state index contributed by atoms with van der Waals surface area (Å²) in [6.45, 7) is 5.81. The summed E-state index contributed by atoms with van der Waals surface area (Å²) < 4.78 is 2.12. The molecule has 0 bridgehead atoms. The molecule has 1 aliphatic heterocycles. The van der Waals surface area contributed by atoms with Crippen LogP contribution >= 0.6 is 0 Å². The third-order valence-electron chi connectivity index (χ3n) is 3.55. The van der Waals surface area contributed by atoms with Crippen LogP contribution in [-0.2, 0) is 6.42 Å². The van der Waals surface area contributed by atoms with Crippen LogP contribution in [0.4, 0.5) is 0 Å². The van der Waals surface area contributed by atoms with Crippen LogP contribution in [0.3, 0.4) is 0 Å². The average Bonchev–Trinajstić information content (AvgIpc) is 2.94. The Bertz CT molecular complexity index is 509. The fourth-order valence-electron chi connectivity index (χ4n) is 2.54. The van der Waals surface area contributed by atoms with Gasteiger partial charge in [-0.05, 0) is 50.6 Å². The van der Waals surface area contributed by atoms with Gasteiger partial charge in [-0.3, -0.25) is 0 Å². The normalized spacial score (nSPS) is 17.0. The SMILES string of the molecule is Cc1ccn2cc(CCN3CCCC3)nc2c1. The first-order chi connectivity index (χ1) is 8.31. The second kappa shape index (κ2) is 4.49. The zero-order valence-corrected chi connectivity index (χ0v) is 10.4. The third-order valence-corrected chi connectivity index (χ3v) is 3.55. The van der Waals surface area contributed by atoms with Crippen LogP contribution < -0.4 is 0 Å². The van der Waals surface area contributed by atoms with Gasteiger partial charge in [-0.2, -0.15) is 0 Å². The van der Waals surface area contributed by atoms with E-state index < -0.39 is 0 Å². The number of fused-ring (bicyclic) bond motifs is 1. The molecule has 1 saturated heterocycles. The number of rotatable bonds is 3. The molecule has 0 unspecified atom stereocenters. The molecule has 0 saturated carbocycles. The van der Waals surface area contributed by atoms with Crippen LogP contribution in [-0.4, -0.2) is 33.9 Å². The van der Waals surface area contributed by atoms with Crippen molar-refractivity contribution < 1.29 is 0 Å². The lowest BCUT2D eigenvalue weighted by Crippen LogP contribution is -2.21. The van der Waals surface area contributed by atoms with Crippen molar-refractivity contribution in [3.8, 4) is 0 Å². The van der Waals surface area contributed by atoms with E-state index in [1.165, 1.54) is 37.2 Å². The second-order valence-electron chi connectivity index (χ2n) is 5.00. The number of imidazole rings is 1. The molecular formula is C14H19N3. The first-order valence-electron chi connectivity index (χ1n) is 6.48. The molecule has 0 atom stereocenters. The van der Waals surface area contributed by atoms with Gasteiger partial charge in [0.15, 0.2) is 0 Å². The number of nitrogens with zero attached hydrogens (tertiary/aromatic N) is 3. The molecule has 1 fully saturated rings. The molecule has 1 aliphatic rings. The summed E-state index contributed by atoms with van der Waals surface area (Å²) in [5.41, 5.74) is 3.55. The smallest absolute Gasteiger partial charge is 0.137 e. The van der Waals surface area contributed by atoms with Crippen molar-refractivity contribution in [2.75, 3.05) is 19.6 Å². The van der Waals surface area contributed by atoms with Gasteiger partial charge in [0.25, 0.3) is 0 Å². The quantitative estimate of drug-likeness (QED) is 0.805. The van der Waals surface area contributed by atoms with Crippen LogP contribution in [0, 0.1) is 6.92 Å². The topological polar surface area (TPSA) is 20.5 Å². The van der Waals surface area contributed by atoms with Gasteiger partial charge in [-0.25, -0.2) is 4.98 Å². The highest BCUT2D eigenvalue weighted by Gasteiger charge is 2.11. The highest BCUT2D eigenvalue weighted by atomic mass is 15.1. The van der Waals surface area contributed by atoms with E-state index in [2.05, 4.69) is 45.7 Å². The zero-order chi connectivity index (χ0) is 11.7. The van der Waals surface area contributed by atoms with Gasteiger partial charge < -0.3 is 9.30 Å². The number of likely N-dealkylation sites (tertiary alicyclic amines) is 1. The number of aryl methyl sites for hydroxylation is 1. The van der Waals surface area contributed by atoms with Crippen LogP contribution in [0.5, 0.6) is 0 Å². The Balaban J connectivity index is 1.72. The zero-order valence-electron chi connectivity index (χ0n) is 10.4. The van der Waals surface area contributed by atoms with Crippen molar-refractivity contribution in [2.24, 2.45) is 0 Å². The van der Waals surface area contributed by atoms with E-state index in [0.29, 0.717) is 0 Å². The molecule has 0 aromatic carbocycles. The molecule has 2 aromatic heterocycles. The van der Waals surface area contributed by atoms with Crippen molar-refractivity contribution in [1.82, 2.24) is 14.3 Å². The minimum absolute atomic E-state index is 1.07. The molecule has 3 rings (SSSR count). The Hall–Kier alpha value is -1.35. The average molecular weight is 229 g/mol. The van der Waals surface area contributed by atoms with Gasteiger partial charge in [-0.1, -0.05) is 0 Å². The van der Waals surface area contributed by atoms with E-state index in [0.717, 1.165) is 18.6 Å². The lowest BCUT2D eigenvalue weighted by Gasteiger charge is -2.12. The van der Waals surface area contributed by atoms with Crippen molar-refractivity contribution in [2.45, 2.75) is 26.2 Å². The molecule has 0 spiro atoms. The number of aromatic nitrogens is 2. The summed E-state index contributed by atoms with van der Waals surface area (Å²) in [5.74, 6) is 0. The Morgan fingerprint density at radius 3 is 2.94 bits per heavy atom. The molecule has 3 heteroatoms. The molecule has 0 radical (unpaired) electrons. The standard InChI is InChI=1S/C14H19N3/c1-12-4-9-17-11-13(15-14(17)10-12)5-8-16-6-2-3-7-16/h4,9-11H,2-3,5-8H2,1H3. The van der Waals surface area contributed by atoms with E-state index in [9.17, 15) is 0 Å². The Kier molecular flexibility index (Phi) is 2.85. The molecule has 0 aliphatic carbocycles. The summed E-state index contributed by atoms with van der Waals surface area (Å²) >= 11 is 0. The number of hydrogen-bond donors (Lipinski definition) is 0. The van der Waals surface area contributed by atoms with Gasteiger partial charge in [-0.15, -0.1) is 0 Å². The lowest BCUT2D eigenvalue weighted by atomic mass is 10.3. The molecule has 3 nitrogen and oxygen atoms in total. The van der Waals surface area contributed by atoms with Gasteiger partial charge in [0.05, 0.1) is 5.69 Å². The summed E-state index contributed by atoms with van der Waals surface area (Å²) in [5, 5.41) is 0. The predicted molar refractivity (Wildman–Crippen MR) is 69.3 cm³/mol. The Labute approximate surface area is 102 Å². The van der Waals surface area contributed by atoms with Gasteiger partial charge in [0.2, 0.25) is 0 Å². The fraction of sp³-hybridized carbons (Fsp3) is 0.500. The maximum atomic E-state index is 4.67. The molecule has 17 heavy (non-hydrogen) atoms. The highest BCUT2D eigenvalue weighted by Crippen LogP contribution is 2.11. The first kappa shape index (κ1) is 10.8. The van der Waals surface area contributed by atoms with Crippen LogP contribution in [0.2, 0.25) is 0 Å². The van der Waals surface area contributed by atoms with Crippen molar-refractivity contribution in [1.29, 1.82) is 0 Å². The predicted octanol–water partition coefficient (Wildman–Crippen LogP) is 2.28. The minimum Gasteiger partial charge on any atom is -0.307 e. The molecular weight excluding hydrogens is 210 g/mol.